The van der Waals surface area contributed by atoms with Crippen molar-refractivity contribution in [2.45, 2.75) is 6.54 Å². The highest BCUT2D eigenvalue weighted by molar-refractivity contribution is 5.69. The van der Waals surface area contributed by atoms with Crippen molar-refractivity contribution < 1.29 is 10.2 Å². The van der Waals surface area contributed by atoms with Crippen molar-refractivity contribution in [1.29, 1.82) is 0 Å². The highest BCUT2D eigenvalue weighted by Gasteiger charge is 2.15. The molecule has 0 bridgehead atoms. The van der Waals surface area contributed by atoms with Crippen LogP contribution in [0.1, 0.15) is 5.56 Å². The maximum absolute atomic E-state index is 10.3. The highest BCUT2D eigenvalue weighted by atomic mass is 16.3. The lowest BCUT2D eigenvalue weighted by molar-refractivity contribution is 0.311. The van der Waals surface area contributed by atoms with Crippen LogP contribution in [0.4, 0.5) is 22.7 Å². The number of nitrogens with zero attached hydrogens (tertiary/aromatic N) is 1. The van der Waals surface area contributed by atoms with Crippen LogP contribution >= 0.6 is 0 Å². The van der Waals surface area contributed by atoms with Gasteiger partial charge in [0.25, 0.3) is 0 Å². The number of hydrogen-bond donors (Lipinski definition) is 4. The molecule has 5 nitrogen and oxygen atoms in total. The van der Waals surface area contributed by atoms with Gasteiger partial charge in [0, 0.05) is 34.9 Å². The van der Waals surface area contributed by atoms with Crippen LogP contribution in [0.2, 0.25) is 0 Å². The van der Waals surface area contributed by atoms with Gasteiger partial charge in [0.15, 0.2) is 0 Å². The third kappa shape index (κ3) is 4.07. The molecule has 0 saturated carbocycles. The molecule has 5 heteroatoms. The smallest absolute Gasteiger partial charge is 0.122 e. The van der Waals surface area contributed by atoms with Gasteiger partial charge in [0.1, 0.15) is 5.75 Å². The first-order chi connectivity index (χ1) is 12.7. The third-order valence-corrected chi connectivity index (χ3v) is 4.17. The summed E-state index contributed by atoms with van der Waals surface area (Å²) in [5.41, 5.74) is 10.2. The molecule has 3 aromatic carbocycles. The molecule has 0 aliphatic carbocycles. The van der Waals surface area contributed by atoms with E-state index in [-0.39, 0.29) is 12.4 Å². The van der Waals surface area contributed by atoms with Gasteiger partial charge in [0.05, 0.1) is 13.2 Å². The molecule has 0 saturated heterocycles. The second kappa shape index (κ2) is 8.27. The van der Waals surface area contributed by atoms with Crippen LogP contribution in [-0.2, 0) is 6.54 Å². The van der Waals surface area contributed by atoms with Crippen LogP contribution in [0.5, 0.6) is 5.75 Å². The van der Waals surface area contributed by atoms with Crippen molar-refractivity contribution in [3.63, 3.8) is 0 Å². The molecule has 0 unspecified atom stereocenters. The number of aliphatic hydroxyl groups is 1. The number of rotatable bonds is 7. The number of benzene rings is 3. The van der Waals surface area contributed by atoms with Gasteiger partial charge in [-0.05, 0) is 42.5 Å². The van der Waals surface area contributed by atoms with Gasteiger partial charge < -0.3 is 26.2 Å². The minimum Gasteiger partial charge on any atom is -0.508 e. The average Bonchev–Trinajstić information content (AvgIpc) is 2.67. The van der Waals surface area contributed by atoms with E-state index in [1.54, 1.807) is 18.2 Å². The number of aromatic hydroxyl groups is 1. The molecule has 0 aliphatic rings. The maximum atomic E-state index is 10.3. The number of para-hydroxylation sites is 1. The Morgan fingerprint density at radius 1 is 0.885 bits per heavy atom. The van der Waals surface area contributed by atoms with Gasteiger partial charge in [0.2, 0.25) is 0 Å². The summed E-state index contributed by atoms with van der Waals surface area (Å²) in [5, 5.41) is 22.5. The Bertz CT molecular complexity index is 833. The van der Waals surface area contributed by atoms with Crippen LogP contribution in [0.3, 0.4) is 0 Å². The highest BCUT2D eigenvalue weighted by Crippen LogP contribution is 2.33. The van der Waals surface area contributed by atoms with Crippen molar-refractivity contribution in [3.05, 3.63) is 78.4 Å². The number of aliphatic hydroxyl groups excluding tert-OH is 1. The monoisotopic (exact) mass is 349 g/mol. The number of nitrogen functional groups attached to an aromatic ring is 1. The molecule has 0 aromatic heterocycles. The molecule has 0 aliphatic heterocycles. The Balaban J connectivity index is 1.99. The van der Waals surface area contributed by atoms with E-state index in [0.29, 0.717) is 24.3 Å². The second-order valence-electron chi connectivity index (χ2n) is 5.97. The number of nitrogens with one attached hydrogen (secondary N) is 1. The number of phenols is 1. The summed E-state index contributed by atoms with van der Waals surface area (Å²) < 4.78 is 0. The molecule has 3 aromatic rings. The SMILES string of the molecule is Nc1cccc(O)c1CN(c1ccccc1)c1cccc(NCCO)c1. The fourth-order valence-electron chi connectivity index (χ4n) is 2.85. The quantitative estimate of drug-likeness (QED) is 0.489. The molecule has 0 atom stereocenters. The van der Waals surface area contributed by atoms with E-state index in [1.807, 2.05) is 54.6 Å². The number of nitrogens with two attached hydrogens (primary N) is 1. The Morgan fingerprint density at radius 3 is 2.35 bits per heavy atom. The van der Waals surface area contributed by atoms with E-state index in [9.17, 15) is 5.11 Å². The maximum Gasteiger partial charge on any atom is 0.122 e. The molecule has 26 heavy (non-hydrogen) atoms. The van der Waals surface area contributed by atoms with Crippen molar-refractivity contribution >= 4 is 22.7 Å². The lowest BCUT2D eigenvalue weighted by atomic mass is 10.1. The topological polar surface area (TPSA) is 81.8 Å². The molecule has 0 radical (unpaired) electrons. The number of anilines is 4. The normalized spacial score (nSPS) is 10.5. The van der Waals surface area contributed by atoms with Crippen LogP contribution < -0.4 is 16.0 Å². The first kappa shape index (κ1) is 17.6. The largest absolute Gasteiger partial charge is 0.508 e. The van der Waals surface area contributed by atoms with Gasteiger partial charge in [-0.3, -0.25) is 0 Å². The Labute approximate surface area is 153 Å². The summed E-state index contributed by atoms with van der Waals surface area (Å²) in [4.78, 5) is 2.09. The molecular weight excluding hydrogens is 326 g/mol. The number of phenolic OH excluding ortho intramolecular Hbond substituents is 1. The molecule has 3 rings (SSSR count). The summed E-state index contributed by atoms with van der Waals surface area (Å²) in [6.07, 6.45) is 0. The summed E-state index contributed by atoms with van der Waals surface area (Å²) in [6, 6.07) is 23.1. The van der Waals surface area contributed by atoms with E-state index in [4.69, 9.17) is 10.8 Å². The van der Waals surface area contributed by atoms with Gasteiger partial charge in [-0.25, -0.2) is 0 Å². The fraction of sp³-hybridized carbons (Fsp3) is 0.143. The second-order valence-corrected chi connectivity index (χ2v) is 5.97. The first-order valence-electron chi connectivity index (χ1n) is 8.53. The predicted octanol–water partition coefficient (Wildman–Crippen LogP) is 3.72. The molecule has 0 spiro atoms. The molecule has 134 valence electrons. The van der Waals surface area contributed by atoms with Gasteiger partial charge in [-0.2, -0.15) is 0 Å². The molecule has 0 fully saturated rings. The van der Waals surface area contributed by atoms with E-state index >= 15 is 0 Å². The summed E-state index contributed by atoms with van der Waals surface area (Å²) in [6.45, 7) is 0.994. The predicted molar refractivity (Wildman–Crippen MR) is 107 cm³/mol. The van der Waals surface area contributed by atoms with Crippen LogP contribution in [0.25, 0.3) is 0 Å². The minimum atomic E-state index is 0.0705. The van der Waals surface area contributed by atoms with Crippen molar-refractivity contribution in [2.24, 2.45) is 0 Å². The van der Waals surface area contributed by atoms with Gasteiger partial charge in [-0.1, -0.05) is 30.3 Å². The standard InChI is InChI=1S/C21H23N3O2/c22-20-10-5-11-21(26)19(20)15-24(17-7-2-1-3-8-17)18-9-4-6-16(14-18)23-12-13-25/h1-11,14,23,25-26H,12-13,15,22H2. The molecule has 0 amide bonds. The van der Waals surface area contributed by atoms with Crippen molar-refractivity contribution in [1.82, 2.24) is 0 Å². The van der Waals surface area contributed by atoms with Crippen LogP contribution in [-0.4, -0.2) is 23.4 Å². The Kier molecular flexibility index (Phi) is 5.61. The molecule has 5 N–H and O–H groups in total. The van der Waals surface area contributed by atoms with Gasteiger partial charge in [-0.15, -0.1) is 0 Å². The lowest BCUT2D eigenvalue weighted by Crippen LogP contribution is -2.18. The van der Waals surface area contributed by atoms with E-state index in [1.165, 1.54) is 0 Å². The third-order valence-electron chi connectivity index (χ3n) is 4.17. The zero-order valence-electron chi connectivity index (χ0n) is 14.5. The zero-order valence-corrected chi connectivity index (χ0v) is 14.5. The number of hydrogen-bond acceptors (Lipinski definition) is 5. The summed E-state index contributed by atoms with van der Waals surface area (Å²) in [5.74, 6) is 0.181. The van der Waals surface area contributed by atoms with E-state index in [0.717, 1.165) is 17.1 Å². The summed E-state index contributed by atoms with van der Waals surface area (Å²) in [7, 11) is 0. The summed E-state index contributed by atoms with van der Waals surface area (Å²) >= 11 is 0. The Hall–Kier alpha value is -3.18. The Morgan fingerprint density at radius 2 is 1.62 bits per heavy atom. The van der Waals surface area contributed by atoms with Gasteiger partial charge >= 0.3 is 0 Å². The first-order valence-corrected chi connectivity index (χ1v) is 8.53. The van der Waals surface area contributed by atoms with Crippen LogP contribution in [0, 0.1) is 0 Å². The van der Waals surface area contributed by atoms with Crippen molar-refractivity contribution in [3.8, 4) is 5.75 Å². The zero-order chi connectivity index (χ0) is 18.4. The van der Waals surface area contributed by atoms with E-state index < -0.39 is 0 Å². The van der Waals surface area contributed by atoms with Crippen molar-refractivity contribution in [2.75, 3.05) is 29.1 Å². The molecule has 0 heterocycles. The minimum absolute atomic E-state index is 0.0705. The van der Waals surface area contributed by atoms with Crippen LogP contribution in [0.15, 0.2) is 72.8 Å². The fourth-order valence-corrected chi connectivity index (χ4v) is 2.85. The lowest BCUT2D eigenvalue weighted by Gasteiger charge is -2.26. The molecular formula is C21H23N3O2. The van der Waals surface area contributed by atoms with E-state index in [2.05, 4.69) is 10.2 Å². The average molecular weight is 349 g/mol.